The predicted octanol–water partition coefficient (Wildman–Crippen LogP) is 1.24. The van der Waals surface area contributed by atoms with Gasteiger partial charge >= 0.3 is 0 Å². The maximum atomic E-state index is 13.7. The molecule has 2 rings (SSSR count). The third-order valence-electron chi connectivity index (χ3n) is 2.62. The van der Waals surface area contributed by atoms with Gasteiger partial charge in [-0.05, 0) is 12.1 Å². The van der Waals surface area contributed by atoms with Crippen LogP contribution in [0.1, 0.15) is 17.4 Å². The smallest absolute Gasteiger partial charge is 0.132 e. The monoisotopic (exact) mass is 251 g/mol. The maximum absolute atomic E-state index is 13.7. The molecule has 2 aromatic rings. The molecule has 0 aliphatic rings. The van der Waals surface area contributed by atoms with Crippen molar-refractivity contribution in [3.8, 4) is 5.75 Å². The van der Waals surface area contributed by atoms with Gasteiger partial charge in [0.1, 0.15) is 11.6 Å². The molecule has 0 aliphatic heterocycles. The lowest BCUT2D eigenvalue weighted by Crippen LogP contribution is -2.05. The third-order valence-corrected chi connectivity index (χ3v) is 2.62. The Bertz CT molecular complexity index is 542. The zero-order valence-electron chi connectivity index (χ0n) is 10.2. The number of benzene rings is 1. The molecule has 1 aromatic heterocycles. The van der Waals surface area contributed by atoms with Crippen LogP contribution in [-0.4, -0.2) is 27.2 Å². The van der Waals surface area contributed by atoms with Crippen LogP contribution in [0.5, 0.6) is 5.75 Å². The molecule has 1 aromatic carbocycles. The summed E-state index contributed by atoms with van der Waals surface area (Å²) in [5, 5.41) is 17.6. The van der Waals surface area contributed by atoms with Gasteiger partial charge in [-0.25, -0.2) is 4.39 Å². The topological polar surface area (TPSA) is 60.2 Å². The molecule has 96 valence electrons. The van der Waals surface area contributed by atoms with Crippen LogP contribution in [0.3, 0.4) is 0 Å². The molecule has 0 fully saturated rings. The Morgan fingerprint density at radius 1 is 1.50 bits per heavy atom. The maximum Gasteiger partial charge on any atom is 0.132 e. The number of hydrogen-bond acceptors (Lipinski definition) is 4. The van der Waals surface area contributed by atoms with E-state index in [1.54, 1.807) is 19.3 Å². The zero-order chi connectivity index (χ0) is 13.1. The summed E-state index contributed by atoms with van der Waals surface area (Å²) in [4.78, 5) is 0. The van der Waals surface area contributed by atoms with Gasteiger partial charge in [-0.1, -0.05) is 5.21 Å². The molecule has 0 amide bonds. The quantitative estimate of drug-likeness (QED) is 0.888. The van der Waals surface area contributed by atoms with Crippen LogP contribution in [0.2, 0.25) is 0 Å². The first kappa shape index (κ1) is 12.5. The fourth-order valence-electron chi connectivity index (χ4n) is 1.70. The second kappa shape index (κ2) is 5.14. The second-order valence-corrected chi connectivity index (χ2v) is 3.99. The highest BCUT2D eigenvalue weighted by molar-refractivity contribution is 5.30. The summed E-state index contributed by atoms with van der Waals surface area (Å²) >= 11 is 0. The molecule has 0 spiro atoms. The summed E-state index contributed by atoms with van der Waals surface area (Å²) in [6.45, 7) is 0. The first-order chi connectivity index (χ1) is 8.60. The molecule has 0 radical (unpaired) electrons. The Morgan fingerprint density at radius 3 is 2.83 bits per heavy atom. The van der Waals surface area contributed by atoms with Crippen molar-refractivity contribution < 1.29 is 14.2 Å². The average Bonchev–Trinajstić information content (AvgIpc) is 2.74. The lowest BCUT2D eigenvalue weighted by Gasteiger charge is -2.11. The fourth-order valence-corrected chi connectivity index (χ4v) is 1.70. The number of aliphatic hydroxyl groups is 1. The SMILES string of the molecule is COc1ccc(C(O)Cc2cn(C)nn2)c(F)c1. The molecular weight excluding hydrogens is 237 g/mol. The van der Waals surface area contributed by atoms with Gasteiger partial charge in [-0.15, -0.1) is 5.10 Å². The van der Waals surface area contributed by atoms with Crippen LogP contribution in [-0.2, 0) is 13.5 Å². The summed E-state index contributed by atoms with van der Waals surface area (Å²) < 4.78 is 20.2. The van der Waals surface area contributed by atoms with Crippen molar-refractivity contribution in [1.29, 1.82) is 0 Å². The van der Waals surface area contributed by atoms with E-state index in [0.717, 1.165) is 0 Å². The van der Waals surface area contributed by atoms with E-state index in [4.69, 9.17) is 4.74 Å². The summed E-state index contributed by atoms with van der Waals surface area (Å²) in [6, 6.07) is 4.36. The van der Waals surface area contributed by atoms with E-state index in [2.05, 4.69) is 10.3 Å². The van der Waals surface area contributed by atoms with Crippen molar-refractivity contribution in [3.63, 3.8) is 0 Å². The third kappa shape index (κ3) is 2.65. The van der Waals surface area contributed by atoms with Crippen LogP contribution in [0.15, 0.2) is 24.4 Å². The van der Waals surface area contributed by atoms with Crippen molar-refractivity contribution in [2.75, 3.05) is 7.11 Å². The molecule has 1 N–H and O–H groups in total. The van der Waals surface area contributed by atoms with Crippen molar-refractivity contribution in [2.24, 2.45) is 7.05 Å². The summed E-state index contributed by atoms with van der Waals surface area (Å²) in [5.41, 5.74) is 0.835. The second-order valence-electron chi connectivity index (χ2n) is 3.99. The van der Waals surface area contributed by atoms with Gasteiger partial charge < -0.3 is 9.84 Å². The molecule has 1 heterocycles. The van der Waals surface area contributed by atoms with Crippen molar-refractivity contribution in [3.05, 3.63) is 41.5 Å². The van der Waals surface area contributed by atoms with E-state index in [1.165, 1.54) is 23.9 Å². The number of aliphatic hydroxyl groups excluding tert-OH is 1. The minimum absolute atomic E-state index is 0.219. The zero-order valence-corrected chi connectivity index (χ0v) is 10.2. The van der Waals surface area contributed by atoms with Gasteiger partial charge in [0.25, 0.3) is 0 Å². The number of ether oxygens (including phenoxy) is 1. The average molecular weight is 251 g/mol. The largest absolute Gasteiger partial charge is 0.497 e. The molecule has 18 heavy (non-hydrogen) atoms. The van der Waals surface area contributed by atoms with Crippen LogP contribution in [0, 0.1) is 5.82 Å². The summed E-state index contributed by atoms with van der Waals surface area (Å²) in [7, 11) is 3.20. The van der Waals surface area contributed by atoms with E-state index in [-0.39, 0.29) is 12.0 Å². The lowest BCUT2D eigenvalue weighted by molar-refractivity contribution is 0.172. The van der Waals surface area contributed by atoms with Gasteiger partial charge in [0.15, 0.2) is 0 Å². The van der Waals surface area contributed by atoms with Crippen LogP contribution >= 0.6 is 0 Å². The minimum Gasteiger partial charge on any atom is -0.497 e. The Morgan fingerprint density at radius 2 is 2.28 bits per heavy atom. The van der Waals surface area contributed by atoms with E-state index < -0.39 is 11.9 Å². The highest BCUT2D eigenvalue weighted by Gasteiger charge is 2.15. The molecule has 1 atom stereocenters. The molecule has 1 unspecified atom stereocenters. The number of methoxy groups -OCH3 is 1. The first-order valence-electron chi connectivity index (χ1n) is 5.47. The van der Waals surface area contributed by atoms with Crippen molar-refractivity contribution >= 4 is 0 Å². The fraction of sp³-hybridized carbons (Fsp3) is 0.333. The number of nitrogens with zero attached hydrogens (tertiary/aromatic N) is 3. The number of hydrogen-bond donors (Lipinski definition) is 1. The van der Waals surface area contributed by atoms with E-state index >= 15 is 0 Å². The van der Waals surface area contributed by atoms with Gasteiger partial charge in [0.05, 0.1) is 18.9 Å². The first-order valence-corrected chi connectivity index (χ1v) is 5.47. The van der Waals surface area contributed by atoms with Crippen LogP contribution < -0.4 is 4.74 Å². The molecule has 6 heteroatoms. The van der Waals surface area contributed by atoms with Gasteiger partial charge in [-0.2, -0.15) is 0 Å². The van der Waals surface area contributed by atoms with Gasteiger partial charge in [0.2, 0.25) is 0 Å². The van der Waals surface area contributed by atoms with Crippen LogP contribution in [0.25, 0.3) is 0 Å². The molecule has 5 nitrogen and oxygen atoms in total. The van der Waals surface area contributed by atoms with Crippen molar-refractivity contribution in [1.82, 2.24) is 15.0 Å². The molecule has 0 saturated carbocycles. The number of halogens is 1. The highest BCUT2D eigenvalue weighted by atomic mass is 19.1. The molecule has 0 aliphatic carbocycles. The standard InChI is InChI=1S/C12H14FN3O2/c1-16-7-8(14-15-16)5-12(17)10-4-3-9(18-2)6-11(10)13/h3-4,6-7,12,17H,5H2,1-2H3. The van der Waals surface area contributed by atoms with E-state index in [1.807, 2.05) is 0 Å². The Labute approximate surface area is 104 Å². The molecular formula is C12H14FN3O2. The minimum atomic E-state index is -0.951. The molecule has 0 bridgehead atoms. The number of rotatable bonds is 4. The number of aryl methyl sites for hydroxylation is 1. The van der Waals surface area contributed by atoms with Crippen molar-refractivity contribution in [2.45, 2.75) is 12.5 Å². The van der Waals surface area contributed by atoms with Gasteiger partial charge in [0, 0.05) is 31.3 Å². The normalized spacial score (nSPS) is 12.4. The summed E-state index contributed by atoms with van der Waals surface area (Å²) in [6.07, 6.45) is 0.953. The van der Waals surface area contributed by atoms with E-state index in [0.29, 0.717) is 11.4 Å². The summed E-state index contributed by atoms with van der Waals surface area (Å²) in [5.74, 6) is -0.0753. The lowest BCUT2D eigenvalue weighted by atomic mass is 10.0. The van der Waals surface area contributed by atoms with E-state index in [9.17, 15) is 9.50 Å². The predicted molar refractivity (Wildman–Crippen MR) is 62.6 cm³/mol. The van der Waals surface area contributed by atoms with Crippen LogP contribution in [0.4, 0.5) is 4.39 Å². The highest BCUT2D eigenvalue weighted by Crippen LogP contribution is 2.23. The Kier molecular flexibility index (Phi) is 3.57. The van der Waals surface area contributed by atoms with Gasteiger partial charge in [-0.3, -0.25) is 4.68 Å². The number of aromatic nitrogens is 3. The Hall–Kier alpha value is -1.95. The molecule has 0 saturated heterocycles. The Balaban J connectivity index is 2.15.